The Balaban J connectivity index is 1.37. The molecule has 33 heavy (non-hydrogen) atoms. The van der Waals surface area contributed by atoms with E-state index in [0.717, 1.165) is 20.4 Å². The summed E-state index contributed by atoms with van der Waals surface area (Å²) < 4.78 is 12.3. The molecule has 1 N–H and O–H groups in total. The van der Waals surface area contributed by atoms with Gasteiger partial charge in [-0.25, -0.2) is 5.43 Å². The van der Waals surface area contributed by atoms with Gasteiger partial charge in [0.15, 0.2) is 5.76 Å². The Kier molecular flexibility index (Phi) is 6.68. The maximum atomic E-state index is 12.3. The van der Waals surface area contributed by atoms with Gasteiger partial charge < -0.3 is 9.15 Å². The average Bonchev–Trinajstić information content (AvgIpc) is 3.23. The maximum Gasteiger partial charge on any atom is 0.307 e. The van der Waals surface area contributed by atoms with Crippen molar-refractivity contribution in [3.63, 3.8) is 0 Å². The number of halogens is 1. The minimum atomic E-state index is -0.558. The fourth-order valence-electron chi connectivity index (χ4n) is 3.04. The van der Waals surface area contributed by atoms with Crippen molar-refractivity contribution in [3.8, 4) is 5.75 Å². The van der Waals surface area contributed by atoms with Crippen molar-refractivity contribution < 1.29 is 18.9 Å². The minimum Gasteiger partial charge on any atom is -0.488 e. The smallest absolute Gasteiger partial charge is 0.307 e. The van der Waals surface area contributed by atoms with Gasteiger partial charge in [-0.3, -0.25) is 14.9 Å². The lowest BCUT2D eigenvalue weighted by Gasteiger charge is -2.09. The first kappa shape index (κ1) is 22.5. The molecule has 0 aliphatic heterocycles. The molecule has 0 fully saturated rings. The third-order valence-corrected chi connectivity index (χ3v) is 5.63. The molecule has 4 aromatic rings. The second kappa shape index (κ2) is 9.82. The molecule has 1 amide bonds. The molecule has 0 bridgehead atoms. The maximum absolute atomic E-state index is 12.3. The van der Waals surface area contributed by atoms with E-state index in [9.17, 15) is 14.9 Å². The first-order valence-electron chi connectivity index (χ1n) is 9.88. The fourth-order valence-corrected chi connectivity index (χ4v) is 3.73. The molecule has 4 rings (SSSR count). The fraction of sp³-hybridized carbons (Fsp3) is 0.0833. The summed E-state index contributed by atoms with van der Waals surface area (Å²) in [5, 5.41) is 15.3. The van der Waals surface area contributed by atoms with Crippen molar-refractivity contribution in [3.05, 3.63) is 103 Å². The van der Waals surface area contributed by atoms with Crippen molar-refractivity contribution >= 4 is 51.4 Å². The summed E-state index contributed by atoms with van der Waals surface area (Å²) in [7, 11) is 0. The highest BCUT2D eigenvalue weighted by molar-refractivity contribution is 14.1. The molecule has 0 atom stereocenters. The van der Waals surface area contributed by atoms with Crippen molar-refractivity contribution in [1.29, 1.82) is 0 Å². The van der Waals surface area contributed by atoms with E-state index in [0.29, 0.717) is 17.6 Å². The molecule has 3 aromatic carbocycles. The van der Waals surface area contributed by atoms with Crippen LogP contribution in [0, 0.1) is 20.6 Å². The van der Waals surface area contributed by atoms with Crippen LogP contribution in [0.4, 0.5) is 5.69 Å². The summed E-state index contributed by atoms with van der Waals surface area (Å²) in [4.78, 5) is 22.7. The Morgan fingerprint density at radius 1 is 1.15 bits per heavy atom. The van der Waals surface area contributed by atoms with Gasteiger partial charge in [0, 0.05) is 17.5 Å². The summed E-state index contributed by atoms with van der Waals surface area (Å²) in [6.07, 6.45) is 1.51. The number of hydrogen-bond acceptors (Lipinski definition) is 6. The van der Waals surface area contributed by atoms with Gasteiger partial charge >= 0.3 is 5.91 Å². The van der Waals surface area contributed by atoms with Crippen LogP contribution in [0.5, 0.6) is 5.75 Å². The number of fused-ring (bicyclic) bond motifs is 1. The second-order valence-electron chi connectivity index (χ2n) is 7.25. The zero-order chi connectivity index (χ0) is 23.4. The number of nitrogens with one attached hydrogen (secondary N) is 1. The second-order valence-corrected chi connectivity index (χ2v) is 8.42. The van der Waals surface area contributed by atoms with E-state index in [1.54, 1.807) is 0 Å². The third kappa shape index (κ3) is 5.55. The standard InChI is InChI=1S/C24H18IN3O5/c1-15-2-4-16(5-3-15)14-32-22-8-6-17(10-20(22)25)13-26-27-24(29)23-12-18-11-19(28(30)31)7-9-21(18)33-23/h2-13H,14H2,1H3,(H,27,29)/b26-13+. The first-order chi connectivity index (χ1) is 15.9. The van der Waals surface area contributed by atoms with Crippen LogP contribution in [-0.4, -0.2) is 17.0 Å². The number of hydrogen-bond donors (Lipinski definition) is 1. The minimum absolute atomic E-state index is 0.0112. The molecule has 9 heteroatoms. The highest BCUT2D eigenvalue weighted by Gasteiger charge is 2.14. The summed E-state index contributed by atoms with van der Waals surface area (Å²) in [6, 6.07) is 19.3. The number of carbonyl (C=O) groups excluding carboxylic acids is 1. The van der Waals surface area contributed by atoms with Crippen LogP contribution in [0.25, 0.3) is 11.0 Å². The number of nitro groups is 1. The highest BCUT2D eigenvalue weighted by atomic mass is 127. The largest absolute Gasteiger partial charge is 0.488 e. The van der Waals surface area contributed by atoms with Crippen molar-refractivity contribution in [2.24, 2.45) is 5.10 Å². The van der Waals surface area contributed by atoms with Crippen molar-refractivity contribution in [2.45, 2.75) is 13.5 Å². The first-order valence-corrected chi connectivity index (χ1v) is 11.0. The lowest BCUT2D eigenvalue weighted by Crippen LogP contribution is -2.16. The molecule has 0 saturated carbocycles. The number of furan rings is 1. The highest BCUT2D eigenvalue weighted by Crippen LogP contribution is 2.25. The molecule has 0 saturated heterocycles. The Bertz CT molecular complexity index is 1360. The Morgan fingerprint density at radius 3 is 2.67 bits per heavy atom. The van der Waals surface area contributed by atoms with Crippen LogP contribution >= 0.6 is 22.6 Å². The summed E-state index contributed by atoms with van der Waals surface area (Å²) in [5.41, 5.74) is 5.78. The number of amides is 1. The lowest BCUT2D eigenvalue weighted by atomic mass is 10.2. The Morgan fingerprint density at radius 2 is 1.94 bits per heavy atom. The predicted molar refractivity (Wildman–Crippen MR) is 133 cm³/mol. The van der Waals surface area contributed by atoms with E-state index < -0.39 is 10.8 Å². The van der Waals surface area contributed by atoms with E-state index in [1.165, 1.54) is 36.0 Å². The monoisotopic (exact) mass is 555 g/mol. The summed E-state index contributed by atoms with van der Waals surface area (Å²) in [6.45, 7) is 2.52. The van der Waals surface area contributed by atoms with Crippen molar-refractivity contribution in [2.75, 3.05) is 0 Å². The molecular formula is C24H18IN3O5. The number of benzene rings is 3. The summed E-state index contributed by atoms with van der Waals surface area (Å²) in [5.74, 6) is 0.212. The molecular weight excluding hydrogens is 537 g/mol. The Hall–Kier alpha value is -3.73. The van der Waals surface area contributed by atoms with Gasteiger partial charge in [0.1, 0.15) is 17.9 Å². The molecule has 0 radical (unpaired) electrons. The number of nitro benzene ring substituents is 1. The number of aryl methyl sites for hydroxylation is 1. The SMILES string of the molecule is Cc1ccc(COc2ccc(/C=N/NC(=O)c3cc4cc([N+](=O)[O-])ccc4o3)cc2I)cc1. The van der Waals surface area contributed by atoms with Crippen LogP contribution in [0.15, 0.2) is 76.2 Å². The molecule has 1 aromatic heterocycles. The quantitative estimate of drug-likeness (QED) is 0.138. The molecule has 0 aliphatic carbocycles. The van der Waals surface area contributed by atoms with Gasteiger partial charge in [-0.15, -0.1) is 0 Å². The normalized spacial score (nSPS) is 11.1. The molecule has 0 spiro atoms. The molecule has 1 heterocycles. The third-order valence-electron chi connectivity index (χ3n) is 4.79. The van der Waals surface area contributed by atoms with E-state index >= 15 is 0 Å². The van der Waals surface area contributed by atoms with Gasteiger partial charge in [0.25, 0.3) is 5.69 Å². The zero-order valence-electron chi connectivity index (χ0n) is 17.4. The van der Waals surface area contributed by atoms with Crippen LogP contribution < -0.4 is 10.2 Å². The number of hydrazone groups is 1. The van der Waals surface area contributed by atoms with Gasteiger partial charge in [-0.2, -0.15) is 5.10 Å². The summed E-state index contributed by atoms with van der Waals surface area (Å²) >= 11 is 2.19. The van der Waals surface area contributed by atoms with Gasteiger partial charge in [-0.05, 0) is 71.0 Å². The van der Waals surface area contributed by atoms with Gasteiger partial charge in [0.2, 0.25) is 0 Å². The van der Waals surface area contributed by atoms with E-state index in [1.807, 2.05) is 49.4 Å². The van der Waals surface area contributed by atoms with E-state index in [4.69, 9.17) is 9.15 Å². The number of carbonyl (C=O) groups is 1. The van der Waals surface area contributed by atoms with Crippen LogP contribution in [0.2, 0.25) is 0 Å². The number of non-ortho nitro benzene ring substituents is 1. The van der Waals surface area contributed by atoms with Crippen LogP contribution in [0.3, 0.4) is 0 Å². The molecule has 8 nitrogen and oxygen atoms in total. The number of ether oxygens (including phenoxy) is 1. The predicted octanol–water partition coefficient (Wildman–Crippen LogP) is 5.60. The van der Waals surface area contributed by atoms with Crippen LogP contribution in [-0.2, 0) is 6.61 Å². The molecule has 0 unspecified atom stereocenters. The lowest BCUT2D eigenvalue weighted by molar-refractivity contribution is -0.384. The average molecular weight is 555 g/mol. The number of nitrogens with zero attached hydrogens (tertiary/aromatic N) is 2. The molecule has 166 valence electrons. The van der Waals surface area contributed by atoms with E-state index in [2.05, 4.69) is 33.1 Å². The Labute approximate surface area is 202 Å². The van der Waals surface area contributed by atoms with Gasteiger partial charge in [-0.1, -0.05) is 29.8 Å². The number of rotatable bonds is 7. The topological polar surface area (TPSA) is 107 Å². The van der Waals surface area contributed by atoms with E-state index in [-0.39, 0.29) is 11.4 Å². The van der Waals surface area contributed by atoms with Gasteiger partial charge in [0.05, 0.1) is 14.7 Å². The molecule has 0 aliphatic rings. The van der Waals surface area contributed by atoms with Crippen molar-refractivity contribution in [1.82, 2.24) is 5.43 Å². The zero-order valence-corrected chi connectivity index (χ0v) is 19.6. The van der Waals surface area contributed by atoms with Crippen LogP contribution in [0.1, 0.15) is 27.2 Å².